The normalized spacial score (nSPS) is 12.0. The Morgan fingerprint density at radius 3 is 2.95 bits per heavy atom. The number of hydrogen-bond acceptors (Lipinski definition) is 3. The fraction of sp³-hybridized carbons (Fsp3) is 0.0667. The highest BCUT2D eigenvalue weighted by atomic mass is 35.5. The van der Waals surface area contributed by atoms with Crippen LogP contribution in [0.25, 0.3) is 10.9 Å². The number of pyridine rings is 1. The van der Waals surface area contributed by atoms with Gasteiger partial charge in [0.15, 0.2) is 5.84 Å². The Kier molecular flexibility index (Phi) is 3.50. The van der Waals surface area contributed by atoms with Gasteiger partial charge in [0.1, 0.15) is 0 Å². The fourth-order valence-electron chi connectivity index (χ4n) is 2.25. The molecular weight excluding hydrogens is 288 g/mol. The predicted molar refractivity (Wildman–Crippen MR) is 82.8 cm³/mol. The molecule has 0 spiro atoms. The molecule has 0 atom stereocenters. The quantitative estimate of drug-likeness (QED) is 0.338. The minimum atomic E-state index is 0.0894. The third kappa shape index (κ3) is 2.55. The highest BCUT2D eigenvalue weighted by molar-refractivity contribution is 6.31. The highest BCUT2D eigenvalue weighted by Gasteiger charge is 2.07. The molecule has 106 valence electrons. The van der Waals surface area contributed by atoms with E-state index in [-0.39, 0.29) is 5.84 Å². The van der Waals surface area contributed by atoms with Crippen LogP contribution in [-0.4, -0.2) is 20.6 Å². The number of nitrogens with two attached hydrogens (primary N) is 1. The Bertz CT molecular complexity index is 825. The largest absolute Gasteiger partial charge is 0.409 e. The van der Waals surface area contributed by atoms with Crippen LogP contribution in [0.1, 0.15) is 11.1 Å². The van der Waals surface area contributed by atoms with Gasteiger partial charge in [-0.1, -0.05) is 28.9 Å². The first-order chi connectivity index (χ1) is 10.2. The second-order valence-electron chi connectivity index (χ2n) is 4.67. The SMILES string of the molecule is N/C(=N/O)c1ccc2ccn(Cc3ccncc3Cl)c2c1. The van der Waals surface area contributed by atoms with Crippen molar-refractivity contribution in [2.24, 2.45) is 10.9 Å². The number of oxime groups is 1. The van der Waals surface area contributed by atoms with Crippen LogP contribution >= 0.6 is 11.6 Å². The lowest BCUT2D eigenvalue weighted by Crippen LogP contribution is -2.13. The second-order valence-corrected chi connectivity index (χ2v) is 5.08. The maximum atomic E-state index is 8.78. The van der Waals surface area contributed by atoms with Gasteiger partial charge in [0.25, 0.3) is 0 Å². The Morgan fingerprint density at radius 1 is 1.33 bits per heavy atom. The number of rotatable bonds is 3. The summed E-state index contributed by atoms with van der Waals surface area (Å²) >= 11 is 6.15. The van der Waals surface area contributed by atoms with Gasteiger partial charge in [0.05, 0.1) is 5.02 Å². The van der Waals surface area contributed by atoms with Crippen LogP contribution in [0.2, 0.25) is 5.02 Å². The molecule has 2 heterocycles. The molecule has 3 aromatic rings. The van der Waals surface area contributed by atoms with E-state index in [1.165, 1.54) is 0 Å². The number of benzene rings is 1. The summed E-state index contributed by atoms with van der Waals surface area (Å²) in [7, 11) is 0. The van der Waals surface area contributed by atoms with E-state index in [0.717, 1.165) is 16.5 Å². The lowest BCUT2D eigenvalue weighted by Gasteiger charge is -2.08. The van der Waals surface area contributed by atoms with E-state index in [9.17, 15) is 0 Å². The molecule has 0 unspecified atom stereocenters. The Hall–Kier alpha value is -2.53. The van der Waals surface area contributed by atoms with Gasteiger partial charge in [-0.3, -0.25) is 4.98 Å². The monoisotopic (exact) mass is 300 g/mol. The maximum absolute atomic E-state index is 8.78. The van der Waals surface area contributed by atoms with Crippen molar-refractivity contribution in [1.29, 1.82) is 0 Å². The number of aromatic nitrogens is 2. The van der Waals surface area contributed by atoms with Crippen LogP contribution in [0.4, 0.5) is 0 Å². The van der Waals surface area contributed by atoms with Gasteiger partial charge < -0.3 is 15.5 Å². The summed E-state index contributed by atoms with van der Waals surface area (Å²) in [5.41, 5.74) is 8.29. The lowest BCUT2D eigenvalue weighted by atomic mass is 10.1. The third-order valence-electron chi connectivity index (χ3n) is 3.37. The summed E-state index contributed by atoms with van der Waals surface area (Å²) in [6.07, 6.45) is 5.33. The van der Waals surface area contributed by atoms with Gasteiger partial charge in [0, 0.05) is 36.2 Å². The zero-order valence-corrected chi connectivity index (χ0v) is 11.8. The van der Waals surface area contributed by atoms with Crippen molar-refractivity contribution in [3.63, 3.8) is 0 Å². The van der Waals surface area contributed by atoms with Crippen molar-refractivity contribution in [3.8, 4) is 0 Å². The lowest BCUT2D eigenvalue weighted by molar-refractivity contribution is 0.318. The molecule has 0 saturated heterocycles. The Morgan fingerprint density at radius 2 is 2.19 bits per heavy atom. The first kappa shape index (κ1) is 13.5. The first-order valence-corrected chi connectivity index (χ1v) is 6.72. The van der Waals surface area contributed by atoms with Crippen molar-refractivity contribution in [2.75, 3.05) is 0 Å². The molecule has 0 saturated carbocycles. The Labute approximate surface area is 126 Å². The molecule has 21 heavy (non-hydrogen) atoms. The number of fused-ring (bicyclic) bond motifs is 1. The van der Waals surface area contributed by atoms with Crippen LogP contribution in [0.15, 0.2) is 54.1 Å². The molecular formula is C15H13ClN4O. The van der Waals surface area contributed by atoms with Crippen molar-refractivity contribution < 1.29 is 5.21 Å². The van der Waals surface area contributed by atoms with Gasteiger partial charge >= 0.3 is 0 Å². The van der Waals surface area contributed by atoms with Crippen LogP contribution in [0.5, 0.6) is 0 Å². The highest BCUT2D eigenvalue weighted by Crippen LogP contribution is 2.21. The van der Waals surface area contributed by atoms with E-state index in [2.05, 4.69) is 14.7 Å². The number of hydrogen-bond donors (Lipinski definition) is 2. The van der Waals surface area contributed by atoms with Gasteiger partial charge in [0.2, 0.25) is 0 Å². The molecule has 0 fully saturated rings. The molecule has 0 aliphatic carbocycles. The minimum absolute atomic E-state index is 0.0894. The molecule has 3 N–H and O–H groups in total. The van der Waals surface area contributed by atoms with Gasteiger partial charge in [-0.15, -0.1) is 0 Å². The summed E-state index contributed by atoms with van der Waals surface area (Å²) in [6, 6.07) is 9.55. The van der Waals surface area contributed by atoms with E-state index in [4.69, 9.17) is 22.5 Å². The van der Waals surface area contributed by atoms with E-state index >= 15 is 0 Å². The van der Waals surface area contributed by atoms with Crippen LogP contribution in [0, 0.1) is 0 Å². The van der Waals surface area contributed by atoms with E-state index < -0.39 is 0 Å². The van der Waals surface area contributed by atoms with E-state index in [1.54, 1.807) is 12.4 Å². The predicted octanol–water partition coefficient (Wildman–Crippen LogP) is 2.83. The molecule has 1 aromatic carbocycles. The summed E-state index contributed by atoms with van der Waals surface area (Å²) < 4.78 is 2.06. The Balaban J connectivity index is 2.05. The molecule has 6 heteroatoms. The summed E-state index contributed by atoms with van der Waals surface area (Å²) in [6.45, 7) is 0.629. The molecule has 0 bridgehead atoms. The zero-order chi connectivity index (χ0) is 14.8. The van der Waals surface area contributed by atoms with Crippen molar-refractivity contribution in [3.05, 3.63) is 65.1 Å². The smallest absolute Gasteiger partial charge is 0.170 e. The fourth-order valence-corrected chi connectivity index (χ4v) is 2.43. The van der Waals surface area contributed by atoms with Gasteiger partial charge in [-0.2, -0.15) is 0 Å². The van der Waals surface area contributed by atoms with Gasteiger partial charge in [-0.25, -0.2) is 0 Å². The molecule has 2 aromatic heterocycles. The summed E-state index contributed by atoms with van der Waals surface area (Å²) in [5, 5.41) is 13.5. The van der Waals surface area contributed by atoms with E-state index in [1.807, 2.05) is 36.5 Å². The maximum Gasteiger partial charge on any atom is 0.170 e. The zero-order valence-electron chi connectivity index (χ0n) is 11.1. The van der Waals surface area contributed by atoms with E-state index in [0.29, 0.717) is 17.1 Å². The topological polar surface area (TPSA) is 76.4 Å². The summed E-state index contributed by atoms with van der Waals surface area (Å²) in [4.78, 5) is 3.98. The second kappa shape index (κ2) is 5.46. The number of nitrogens with zero attached hydrogens (tertiary/aromatic N) is 3. The minimum Gasteiger partial charge on any atom is -0.409 e. The van der Waals surface area contributed by atoms with Crippen molar-refractivity contribution in [1.82, 2.24) is 9.55 Å². The molecule has 0 radical (unpaired) electrons. The summed E-state index contributed by atoms with van der Waals surface area (Å²) in [5.74, 6) is 0.0894. The molecule has 3 rings (SSSR count). The first-order valence-electron chi connectivity index (χ1n) is 6.34. The molecule has 5 nitrogen and oxygen atoms in total. The standard InChI is InChI=1S/C15H13ClN4O/c16-13-8-18-5-3-12(13)9-20-6-4-10-1-2-11(7-14(10)20)15(17)19-21/h1-8,21H,9H2,(H2,17,19). The number of amidine groups is 1. The molecule has 0 amide bonds. The van der Waals surface area contributed by atoms with Crippen LogP contribution in [-0.2, 0) is 6.54 Å². The van der Waals surface area contributed by atoms with Crippen molar-refractivity contribution in [2.45, 2.75) is 6.54 Å². The molecule has 0 aliphatic rings. The third-order valence-corrected chi connectivity index (χ3v) is 3.71. The average Bonchev–Trinajstić information content (AvgIpc) is 2.91. The number of halogens is 1. The average molecular weight is 301 g/mol. The van der Waals surface area contributed by atoms with Gasteiger partial charge in [-0.05, 0) is 29.1 Å². The van der Waals surface area contributed by atoms with Crippen LogP contribution in [0.3, 0.4) is 0 Å². The van der Waals surface area contributed by atoms with Crippen LogP contribution < -0.4 is 5.73 Å². The molecule has 0 aliphatic heterocycles. The van der Waals surface area contributed by atoms with Crippen molar-refractivity contribution >= 4 is 28.3 Å².